The lowest BCUT2D eigenvalue weighted by Gasteiger charge is -2.33. The van der Waals surface area contributed by atoms with E-state index < -0.39 is 34.8 Å². The van der Waals surface area contributed by atoms with E-state index in [1.807, 2.05) is 0 Å². The van der Waals surface area contributed by atoms with Gasteiger partial charge in [0.25, 0.3) is 5.91 Å². The van der Waals surface area contributed by atoms with Crippen LogP contribution in [-0.2, 0) is 6.18 Å². The number of nitrogens with zero attached hydrogens (tertiary/aromatic N) is 2. The number of carbonyl (C=O) groups excluding carboxylic acids is 2. The number of halogens is 3. The van der Waals surface area contributed by atoms with Crippen molar-refractivity contribution in [1.82, 2.24) is 4.57 Å². The number of anilines is 2. The summed E-state index contributed by atoms with van der Waals surface area (Å²) < 4.78 is 47.7. The molecule has 4 aromatic carbocycles. The van der Waals surface area contributed by atoms with Gasteiger partial charge < -0.3 is 19.6 Å². The van der Waals surface area contributed by atoms with Gasteiger partial charge in [0, 0.05) is 35.2 Å². The molecule has 1 amide bonds. The van der Waals surface area contributed by atoms with E-state index in [0.29, 0.717) is 38.8 Å². The van der Waals surface area contributed by atoms with Gasteiger partial charge in [0.15, 0.2) is 5.78 Å². The maximum atomic E-state index is 14.2. The molecule has 1 unspecified atom stereocenters. The van der Waals surface area contributed by atoms with E-state index in [9.17, 15) is 27.6 Å². The van der Waals surface area contributed by atoms with Crippen molar-refractivity contribution in [3.63, 3.8) is 0 Å². The number of benzene rings is 4. The van der Waals surface area contributed by atoms with Gasteiger partial charge in [0.05, 0.1) is 27.9 Å². The smallest absolute Gasteiger partial charge is 0.416 e. The molecule has 7 rings (SSSR count). The molecular weight excluding hydrogens is 583 g/mol. The number of amides is 1. The lowest BCUT2D eigenvalue weighted by molar-refractivity contribution is -0.137. The van der Waals surface area contributed by atoms with E-state index in [-0.39, 0.29) is 29.8 Å². The second kappa shape index (κ2) is 10.5. The number of para-hydroxylation sites is 2. The number of fused-ring (bicyclic) bond motifs is 3. The molecule has 0 radical (unpaired) electrons. The number of hydrogen-bond acceptors (Lipinski definition) is 5. The van der Waals surface area contributed by atoms with Gasteiger partial charge in [-0.25, -0.2) is 0 Å². The Labute approximate surface area is 253 Å². The minimum absolute atomic E-state index is 0.0621. The van der Waals surface area contributed by atoms with Gasteiger partial charge in [-0.05, 0) is 66.6 Å². The monoisotopic (exact) mass is 607 g/mol. The lowest BCUT2D eigenvalue weighted by atomic mass is 9.84. The average Bonchev–Trinajstić information content (AvgIpc) is 3.42. The molecule has 1 aliphatic rings. The quantitative estimate of drug-likeness (QED) is 0.167. The van der Waals surface area contributed by atoms with Crippen molar-refractivity contribution in [2.24, 2.45) is 0 Å². The van der Waals surface area contributed by atoms with E-state index in [2.05, 4.69) is 0 Å². The lowest BCUT2D eigenvalue weighted by Crippen LogP contribution is -2.38. The fourth-order valence-electron chi connectivity index (χ4n) is 6.09. The highest BCUT2D eigenvalue weighted by Gasteiger charge is 2.36. The van der Waals surface area contributed by atoms with Crippen LogP contribution in [0.25, 0.3) is 27.6 Å². The Hall–Kier alpha value is -5.64. The van der Waals surface area contributed by atoms with Gasteiger partial charge in [0.2, 0.25) is 5.43 Å². The van der Waals surface area contributed by atoms with E-state index in [0.717, 1.165) is 12.1 Å². The third-order valence-corrected chi connectivity index (χ3v) is 8.26. The van der Waals surface area contributed by atoms with Crippen molar-refractivity contribution < 1.29 is 27.2 Å². The number of Topliss-reactive ketones (excluding diaryl/α,β-unsaturated/α-hetero) is 1. The van der Waals surface area contributed by atoms with E-state index >= 15 is 0 Å². The first-order valence-corrected chi connectivity index (χ1v) is 14.2. The van der Waals surface area contributed by atoms with E-state index in [4.69, 9.17) is 10.2 Å². The minimum atomic E-state index is -4.54. The molecule has 1 atom stereocenters. The fraction of sp³-hybridized carbons (Fsp3) is 0.114. The number of aromatic nitrogens is 1. The predicted octanol–water partition coefficient (Wildman–Crippen LogP) is 7.35. The Balaban J connectivity index is 1.29. The molecule has 0 saturated heterocycles. The summed E-state index contributed by atoms with van der Waals surface area (Å²) in [7, 11) is 0. The number of carbonyl (C=O) groups is 2. The maximum absolute atomic E-state index is 14.2. The molecule has 10 heteroatoms. The standard InChI is InChI=1S/C35H24F3N3O4/c36-35(37,38)20-6-5-7-22(16-20)41-18-27(26-17-21(39)12-13-30(26)41)34(44)40-15-14-24(23-8-1-3-10-29(23)40)32(42)28-19-45-31-11-4-2-9-25(31)33(28)43/h1-13,16-19,24H,14-15,39H2. The zero-order chi connectivity index (χ0) is 31.5. The largest absolute Gasteiger partial charge is 0.463 e. The van der Waals surface area contributed by atoms with Crippen LogP contribution in [-0.4, -0.2) is 22.8 Å². The number of ketones is 1. The number of rotatable bonds is 4. The van der Waals surface area contributed by atoms with Crippen molar-refractivity contribution >= 4 is 44.9 Å². The Bertz CT molecular complexity index is 2220. The highest BCUT2D eigenvalue weighted by Crippen LogP contribution is 2.39. The first-order chi connectivity index (χ1) is 21.6. The van der Waals surface area contributed by atoms with E-state index in [1.165, 1.54) is 24.6 Å². The van der Waals surface area contributed by atoms with Crippen LogP contribution in [0.3, 0.4) is 0 Å². The van der Waals surface area contributed by atoms with Crippen LogP contribution in [0.15, 0.2) is 113 Å². The van der Waals surface area contributed by atoms with Crippen molar-refractivity contribution in [3.8, 4) is 5.69 Å². The molecule has 2 aromatic heterocycles. The molecular formula is C35H24F3N3O4. The molecule has 3 heterocycles. The average molecular weight is 608 g/mol. The number of hydrogen-bond donors (Lipinski definition) is 1. The number of alkyl halides is 3. The van der Waals surface area contributed by atoms with Crippen molar-refractivity contribution in [2.75, 3.05) is 17.2 Å². The molecule has 0 saturated carbocycles. The summed E-state index contributed by atoms with van der Waals surface area (Å²) >= 11 is 0. The summed E-state index contributed by atoms with van der Waals surface area (Å²) in [5.74, 6) is -1.50. The van der Waals surface area contributed by atoms with Crippen LogP contribution >= 0.6 is 0 Å². The third-order valence-electron chi connectivity index (χ3n) is 8.26. The summed E-state index contributed by atoms with van der Waals surface area (Å²) in [5.41, 5.74) is 7.61. The molecule has 2 N–H and O–H groups in total. The van der Waals surface area contributed by atoms with Crippen molar-refractivity contribution in [3.05, 3.63) is 136 Å². The highest BCUT2D eigenvalue weighted by molar-refractivity contribution is 6.16. The van der Waals surface area contributed by atoms with Gasteiger partial charge in [-0.2, -0.15) is 13.2 Å². The van der Waals surface area contributed by atoms with E-state index in [1.54, 1.807) is 76.2 Å². The third kappa shape index (κ3) is 4.75. The molecule has 0 spiro atoms. The summed E-state index contributed by atoms with van der Waals surface area (Å²) in [6.45, 7) is 0.156. The zero-order valence-corrected chi connectivity index (χ0v) is 23.5. The Kier molecular flexibility index (Phi) is 6.58. The summed E-state index contributed by atoms with van der Waals surface area (Å²) in [5, 5.41) is 0.780. The van der Waals surface area contributed by atoms with Crippen LogP contribution in [0.2, 0.25) is 0 Å². The van der Waals surface area contributed by atoms with Crippen molar-refractivity contribution in [2.45, 2.75) is 18.5 Å². The Morgan fingerprint density at radius 3 is 2.47 bits per heavy atom. The minimum Gasteiger partial charge on any atom is -0.463 e. The topological polar surface area (TPSA) is 98.5 Å². The van der Waals surface area contributed by atoms with Crippen LogP contribution in [0, 0.1) is 0 Å². The maximum Gasteiger partial charge on any atom is 0.416 e. The molecule has 0 fully saturated rings. The SMILES string of the molecule is Nc1ccc2c(c1)c(C(=O)N1CCC(C(=O)c3coc4ccccc4c3=O)c3ccccc31)cn2-c1cccc(C(F)(F)F)c1. The summed E-state index contributed by atoms with van der Waals surface area (Å²) in [6, 6.07) is 23.5. The molecule has 224 valence electrons. The van der Waals surface area contributed by atoms with Gasteiger partial charge in [-0.15, -0.1) is 0 Å². The Morgan fingerprint density at radius 1 is 0.867 bits per heavy atom. The van der Waals surface area contributed by atoms with Gasteiger partial charge >= 0.3 is 6.18 Å². The molecule has 7 nitrogen and oxygen atoms in total. The van der Waals surface area contributed by atoms with Crippen LogP contribution < -0.4 is 16.1 Å². The summed E-state index contributed by atoms with van der Waals surface area (Å²) in [4.78, 5) is 42.8. The van der Waals surface area contributed by atoms with Gasteiger partial charge in [0.1, 0.15) is 17.4 Å². The first-order valence-electron chi connectivity index (χ1n) is 14.2. The van der Waals surface area contributed by atoms with Crippen molar-refractivity contribution in [1.29, 1.82) is 0 Å². The molecule has 0 aliphatic carbocycles. The molecule has 0 bridgehead atoms. The highest BCUT2D eigenvalue weighted by atomic mass is 19.4. The second-order valence-electron chi connectivity index (χ2n) is 10.9. The predicted molar refractivity (Wildman–Crippen MR) is 165 cm³/mol. The fourth-order valence-corrected chi connectivity index (χ4v) is 6.09. The first kappa shape index (κ1) is 28.1. The van der Waals surface area contributed by atoms with Gasteiger partial charge in [-0.1, -0.05) is 36.4 Å². The number of nitrogen functional groups attached to an aromatic ring is 1. The zero-order valence-electron chi connectivity index (χ0n) is 23.5. The molecule has 1 aliphatic heterocycles. The molecule has 45 heavy (non-hydrogen) atoms. The van der Waals surface area contributed by atoms with Gasteiger partial charge in [-0.3, -0.25) is 14.4 Å². The normalized spacial score (nSPS) is 14.9. The second-order valence-corrected chi connectivity index (χ2v) is 10.9. The summed E-state index contributed by atoms with van der Waals surface area (Å²) in [6.07, 6.45) is -1.59. The Morgan fingerprint density at radius 2 is 1.64 bits per heavy atom. The molecule has 6 aromatic rings. The number of nitrogens with two attached hydrogens (primary N) is 1. The van der Waals surface area contributed by atoms with Crippen LogP contribution in [0.1, 0.15) is 44.2 Å². The van der Waals surface area contributed by atoms with Crippen LogP contribution in [0.5, 0.6) is 0 Å². The van der Waals surface area contributed by atoms with Crippen LogP contribution in [0.4, 0.5) is 24.5 Å².